The van der Waals surface area contributed by atoms with Gasteiger partial charge < -0.3 is 0 Å². The maximum Gasteiger partial charge on any atom is 0.0709 e. The maximum atomic E-state index is 3.01. The minimum atomic E-state index is -0.735. The van der Waals surface area contributed by atoms with Crippen LogP contribution >= 0.6 is 8.79 Å². The van der Waals surface area contributed by atoms with Crippen LogP contribution in [0.2, 0.25) is 18.6 Å². The van der Waals surface area contributed by atoms with Gasteiger partial charge in [0.05, 0.1) is 7.74 Å². The molecule has 0 fully saturated rings. The zero-order valence-electron chi connectivity index (χ0n) is 5.49. The summed E-state index contributed by atoms with van der Waals surface area (Å²) in [6.07, 6.45) is 0. The minimum absolute atomic E-state index is 0.735. The third kappa shape index (κ3) is 3.25. The summed E-state index contributed by atoms with van der Waals surface area (Å²) < 4.78 is 0. The molecule has 0 aliphatic heterocycles. The number of hydrogen-bond acceptors (Lipinski definition) is 0. The Morgan fingerprint density at radius 1 is 1.29 bits per heavy atom. The van der Waals surface area contributed by atoms with E-state index in [0.717, 1.165) is 0 Å². The van der Waals surface area contributed by atoms with Crippen molar-refractivity contribution in [1.82, 2.24) is 0 Å². The van der Waals surface area contributed by atoms with Gasteiger partial charge in [-0.05, 0) is 0 Å². The van der Waals surface area contributed by atoms with Crippen molar-refractivity contribution in [2.24, 2.45) is 0 Å². The molecule has 0 N–H and O–H groups in total. The highest BCUT2D eigenvalue weighted by Crippen LogP contribution is 2.20. The molecule has 44 valence electrons. The van der Waals surface area contributed by atoms with Gasteiger partial charge in [0.25, 0.3) is 0 Å². The summed E-state index contributed by atoms with van der Waals surface area (Å²) >= 11 is 0. The van der Waals surface area contributed by atoms with E-state index in [1.165, 1.54) is 12.1 Å². The highest BCUT2D eigenvalue weighted by molar-refractivity contribution is 7.68. The first-order chi connectivity index (χ1) is 3.12. The summed E-state index contributed by atoms with van der Waals surface area (Å²) in [5, 5.41) is 0. The van der Waals surface area contributed by atoms with E-state index in [1.54, 1.807) is 0 Å². The molecule has 0 aromatic carbocycles. The number of rotatable bonds is 2. The zero-order valence-corrected chi connectivity index (χ0v) is 7.65. The van der Waals surface area contributed by atoms with Gasteiger partial charge in [0.2, 0.25) is 0 Å². The van der Waals surface area contributed by atoms with Crippen LogP contribution in [0.25, 0.3) is 0 Å². The van der Waals surface area contributed by atoms with Crippen molar-refractivity contribution in [3.05, 3.63) is 0 Å². The fourth-order valence-electron chi connectivity index (χ4n) is 0.250. The standard InChI is InChI=1S/C5H15PSi/c1-4-7(3,6)5-2/h4-6H2,1-3H3. The topological polar surface area (TPSA) is 0 Å². The molecule has 0 saturated heterocycles. The van der Waals surface area contributed by atoms with Crippen molar-refractivity contribution in [2.45, 2.75) is 32.5 Å². The Morgan fingerprint density at radius 2 is 1.57 bits per heavy atom. The smallest absolute Gasteiger partial charge is 0.0709 e. The SMILES string of the molecule is CC[Si](C)(P)CC. The van der Waals surface area contributed by atoms with E-state index >= 15 is 0 Å². The lowest BCUT2D eigenvalue weighted by atomic mass is 10.9. The number of hydrogen-bond donors (Lipinski definition) is 0. The molecule has 0 aromatic rings. The third-order valence-electron chi connectivity index (χ3n) is 1.62. The molecule has 1 atom stereocenters. The van der Waals surface area contributed by atoms with Gasteiger partial charge in [-0.1, -0.05) is 32.5 Å². The molecule has 0 saturated carbocycles. The lowest BCUT2D eigenvalue weighted by molar-refractivity contribution is 1.30. The average molecular weight is 134 g/mol. The molecule has 0 rings (SSSR count). The second-order valence-electron chi connectivity index (χ2n) is 2.36. The van der Waals surface area contributed by atoms with Crippen LogP contribution in [0.1, 0.15) is 13.8 Å². The average Bonchev–Trinajstić information content (AvgIpc) is 1.68. The Bertz CT molecular complexity index is 46.0. The molecule has 2 heteroatoms. The predicted octanol–water partition coefficient (Wildman–Crippen LogP) is 2.48. The molecule has 0 amide bonds. The molecule has 0 aromatic heterocycles. The largest absolute Gasteiger partial charge is 0.149 e. The van der Waals surface area contributed by atoms with Gasteiger partial charge in [-0.3, -0.25) is 0 Å². The van der Waals surface area contributed by atoms with Gasteiger partial charge in [0.1, 0.15) is 0 Å². The van der Waals surface area contributed by atoms with Crippen LogP contribution in [0.4, 0.5) is 0 Å². The molecular formula is C5H15PSi. The van der Waals surface area contributed by atoms with Crippen molar-refractivity contribution in [1.29, 1.82) is 0 Å². The second kappa shape index (κ2) is 2.83. The summed E-state index contributed by atoms with van der Waals surface area (Å²) in [4.78, 5) is 0. The Balaban J connectivity index is 3.36. The molecule has 0 aliphatic rings. The molecule has 7 heavy (non-hydrogen) atoms. The van der Waals surface area contributed by atoms with Crippen molar-refractivity contribution in [3.8, 4) is 0 Å². The Hall–Kier alpha value is 0.647. The fraction of sp³-hybridized carbons (Fsp3) is 1.00. The lowest BCUT2D eigenvalue weighted by Crippen LogP contribution is -2.16. The summed E-state index contributed by atoms with van der Waals surface area (Å²) in [6, 6.07) is 2.79. The minimum Gasteiger partial charge on any atom is -0.149 e. The molecule has 0 radical (unpaired) electrons. The monoisotopic (exact) mass is 134 g/mol. The van der Waals surface area contributed by atoms with E-state index in [0.29, 0.717) is 0 Å². The van der Waals surface area contributed by atoms with Crippen LogP contribution in [-0.2, 0) is 0 Å². The first-order valence-corrected chi connectivity index (χ1v) is 7.63. The fourth-order valence-corrected chi connectivity index (χ4v) is 0.750. The van der Waals surface area contributed by atoms with Crippen LogP contribution in [0.15, 0.2) is 0 Å². The van der Waals surface area contributed by atoms with Gasteiger partial charge in [-0.25, -0.2) is 0 Å². The van der Waals surface area contributed by atoms with E-state index in [9.17, 15) is 0 Å². The van der Waals surface area contributed by atoms with E-state index in [2.05, 4.69) is 29.2 Å². The van der Waals surface area contributed by atoms with Crippen molar-refractivity contribution < 1.29 is 0 Å². The van der Waals surface area contributed by atoms with Crippen LogP contribution in [0.5, 0.6) is 0 Å². The third-order valence-corrected chi connectivity index (χ3v) is 7.30. The quantitative estimate of drug-likeness (QED) is 0.402. The van der Waals surface area contributed by atoms with Crippen LogP contribution in [0.3, 0.4) is 0 Å². The summed E-state index contributed by atoms with van der Waals surface area (Å²) in [5.41, 5.74) is 0. The van der Waals surface area contributed by atoms with Gasteiger partial charge in [0.15, 0.2) is 0 Å². The van der Waals surface area contributed by atoms with Gasteiger partial charge >= 0.3 is 0 Å². The molecular weight excluding hydrogens is 119 g/mol. The molecule has 0 bridgehead atoms. The normalized spacial score (nSPS) is 12.0. The lowest BCUT2D eigenvalue weighted by Gasteiger charge is -2.15. The molecule has 0 heterocycles. The zero-order chi connectivity index (χ0) is 5.91. The Labute approximate surface area is 49.8 Å². The van der Waals surface area contributed by atoms with Crippen LogP contribution in [0, 0.1) is 0 Å². The maximum absolute atomic E-state index is 3.01. The van der Waals surface area contributed by atoms with Crippen LogP contribution < -0.4 is 0 Å². The van der Waals surface area contributed by atoms with E-state index < -0.39 is 7.74 Å². The molecule has 0 aliphatic carbocycles. The van der Waals surface area contributed by atoms with Crippen molar-refractivity contribution in [2.75, 3.05) is 0 Å². The predicted molar refractivity (Wildman–Crippen MR) is 42.3 cm³/mol. The van der Waals surface area contributed by atoms with E-state index in [1.807, 2.05) is 0 Å². The van der Waals surface area contributed by atoms with Gasteiger partial charge in [-0.15, -0.1) is 8.79 Å². The van der Waals surface area contributed by atoms with Crippen LogP contribution in [-0.4, -0.2) is 7.74 Å². The molecule has 1 unspecified atom stereocenters. The molecule has 0 nitrogen and oxygen atoms in total. The Morgan fingerprint density at radius 3 is 1.57 bits per heavy atom. The summed E-state index contributed by atoms with van der Waals surface area (Å²) in [7, 11) is 2.27. The summed E-state index contributed by atoms with van der Waals surface area (Å²) in [6.45, 7) is 6.96. The van der Waals surface area contributed by atoms with Gasteiger partial charge in [0, 0.05) is 0 Å². The highest BCUT2D eigenvalue weighted by Gasteiger charge is 2.13. The van der Waals surface area contributed by atoms with Crippen molar-refractivity contribution >= 4 is 16.5 Å². The van der Waals surface area contributed by atoms with Crippen molar-refractivity contribution in [3.63, 3.8) is 0 Å². The first kappa shape index (κ1) is 7.65. The van der Waals surface area contributed by atoms with E-state index in [-0.39, 0.29) is 0 Å². The highest BCUT2D eigenvalue weighted by atomic mass is 31.3. The molecule has 0 spiro atoms. The van der Waals surface area contributed by atoms with E-state index in [4.69, 9.17) is 0 Å². The first-order valence-electron chi connectivity index (χ1n) is 2.91. The second-order valence-corrected chi connectivity index (χ2v) is 11.3. The Kier molecular flexibility index (Phi) is 3.10. The summed E-state index contributed by atoms with van der Waals surface area (Å²) in [5.74, 6) is 0. The van der Waals surface area contributed by atoms with Gasteiger partial charge in [-0.2, -0.15) is 0 Å².